The SMILES string of the molecule is CCCCC[C@@H](CC[C@H]1C(=O)C[C@H]2Cc3c(O)cccc3C[C@H]21)O[Si](C)(C)C(C)(C)C. The minimum atomic E-state index is -1.82. The van der Waals surface area contributed by atoms with E-state index in [4.69, 9.17) is 4.43 Å². The average molecular weight is 445 g/mol. The van der Waals surface area contributed by atoms with E-state index < -0.39 is 8.32 Å². The van der Waals surface area contributed by atoms with Crippen LogP contribution in [0.4, 0.5) is 0 Å². The van der Waals surface area contributed by atoms with E-state index in [0.29, 0.717) is 29.8 Å². The van der Waals surface area contributed by atoms with Crippen LogP contribution in [0.2, 0.25) is 18.1 Å². The van der Waals surface area contributed by atoms with Gasteiger partial charge in [0.1, 0.15) is 11.5 Å². The Hall–Kier alpha value is -1.13. The predicted octanol–water partition coefficient (Wildman–Crippen LogP) is 7.06. The molecule has 1 saturated carbocycles. The Labute approximate surface area is 191 Å². The fourth-order valence-electron chi connectivity index (χ4n) is 5.44. The van der Waals surface area contributed by atoms with Crippen molar-refractivity contribution < 1.29 is 14.3 Å². The first kappa shape index (κ1) is 24.5. The summed E-state index contributed by atoms with van der Waals surface area (Å²) in [5, 5.41) is 10.5. The Morgan fingerprint density at radius 2 is 1.87 bits per heavy atom. The summed E-state index contributed by atoms with van der Waals surface area (Å²) in [4.78, 5) is 13.0. The van der Waals surface area contributed by atoms with E-state index >= 15 is 0 Å². The number of rotatable bonds is 9. The molecule has 0 heterocycles. The molecule has 4 atom stereocenters. The van der Waals surface area contributed by atoms with Gasteiger partial charge in [0.15, 0.2) is 8.32 Å². The number of ketones is 1. The number of carbonyl (C=O) groups excluding carboxylic acids is 1. The zero-order chi connectivity index (χ0) is 22.8. The second-order valence-electron chi connectivity index (χ2n) is 11.6. The molecule has 174 valence electrons. The standard InChI is InChI=1S/C27H44O3Si/c1-7-8-9-12-21(30-31(5,6)27(2,3)4)14-15-22-23-16-19-11-10-13-25(28)24(19)17-20(23)18-26(22)29/h10-11,13,20-23,28H,7-9,12,14-18H2,1-6H3/t20-,21+,22-,23-/m1/s1. The molecule has 1 aromatic carbocycles. The van der Waals surface area contributed by atoms with Crippen molar-refractivity contribution in [2.75, 3.05) is 0 Å². The molecule has 31 heavy (non-hydrogen) atoms. The lowest BCUT2D eigenvalue weighted by atomic mass is 9.73. The minimum absolute atomic E-state index is 0.164. The number of phenolic OH excluding ortho intramolecular Hbond substituents is 1. The Kier molecular flexibility index (Phi) is 7.73. The summed E-state index contributed by atoms with van der Waals surface area (Å²) in [6.07, 6.45) is 9.53. The summed E-state index contributed by atoms with van der Waals surface area (Å²) >= 11 is 0. The monoisotopic (exact) mass is 444 g/mol. The van der Waals surface area contributed by atoms with Crippen molar-refractivity contribution in [3.63, 3.8) is 0 Å². The maximum atomic E-state index is 13.0. The Morgan fingerprint density at radius 1 is 1.13 bits per heavy atom. The molecule has 2 aliphatic carbocycles. The third-order valence-corrected chi connectivity index (χ3v) is 12.9. The van der Waals surface area contributed by atoms with Crippen LogP contribution in [0.5, 0.6) is 5.75 Å². The predicted molar refractivity (Wildman–Crippen MR) is 131 cm³/mol. The fourth-order valence-corrected chi connectivity index (χ4v) is 6.87. The van der Waals surface area contributed by atoms with Crippen LogP contribution in [0.3, 0.4) is 0 Å². The smallest absolute Gasteiger partial charge is 0.192 e. The van der Waals surface area contributed by atoms with Gasteiger partial charge in [0.2, 0.25) is 0 Å². The second kappa shape index (κ2) is 9.78. The van der Waals surface area contributed by atoms with Gasteiger partial charge in [-0.1, -0.05) is 59.1 Å². The van der Waals surface area contributed by atoms with E-state index in [2.05, 4.69) is 46.9 Å². The minimum Gasteiger partial charge on any atom is -0.508 e. The molecule has 1 fully saturated rings. The van der Waals surface area contributed by atoms with Gasteiger partial charge in [0, 0.05) is 18.4 Å². The van der Waals surface area contributed by atoms with Crippen molar-refractivity contribution in [1.82, 2.24) is 0 Å². The Balaban J connectivity index is 1.68. The average Bonchev–Trinajstić information content (AvgIpc) is 2.98. The molecular weight excluding hydrogens is 400 g/mol. The van der Waals surface area contributed by atoms with Gasteiger partial charge in [0.05, 0.1) is 0 Å². The summed E-state index contributed by atoms with van der Waals surface area (Å²) < 4.78 is 6.85. The Morgan fingerprint density at radius 3 is 2.55 bits per heavy atom. The van der Waals surface area contributed by atoms with Crippen molar-refractivity contribution in [1.29, 1.82) is 0 Å². The van der Waals surface area contributed by atoms with Gasteiger partial charge in [-0.05, 0) is 79.3 Å². The molecular formula is C27H44O3Si. The van der Waals surface area contributed by atoms with Crippen LogP contribution < -0.4 is 0 Å². The highest BCUT2D eigenvalue weighted by Gasteiger charge is 2.45. The lowest BCUT2D eigenvalue weighted by molar-refractivity contribution is -0.121. The van der Waals surface area contributed by atoms with Crippen LogP contribution in [0, 0.1) is 17.8 Å². The third kappa shape index (κ3) is 5.62. The van der Waals surface area contributed by atoms with Gasteiger partial charge >= 0.3 is 0 Å². The maximum absolute atomic E-state index is 13.0. The van der Waals surface area contributed by atoms with Gasteiger partial charge in [-0.2, -0.15) is 0 Å². The van der Waals surface area contributed by atoms with Gasteiger partial charge in [-0.15, -0.1) is 0 Å². The molecule has 0 radical (unpaired) electrons. The zero-order valence-corrected chi connectivity index (χ0v) is 21.7. The molecule has 0 spiro atoms. The largest absolute Gasteiger partial charge is 0.508 e. The van der Waals surface area contributed by atoms with E-state index in [1.807, 2.05) is 6.07 Å². The number of aromatic hydroxyl groups is 1. The van der Waals surface area contributed by atoms with Crippen LogP contribution >= 0.6 is 0 Å². The topological polar surface area (TPSA) is 46.5 Å². The van der Waals surface area contributed by atoms with Crippen LogP contribution in [-0.4, -0.2) is 25.3 Å². The summed E-state index contributed by atoms with van der Waals surface area (Å²) in [7, 11) is -1.82. The van der Waals surface area contributed by atoms with Crippen LogP contribution in [-0.2, 0) is 22.1 Å². The Bertz CT molecular complexity index is 764. The highest BCUT2D eigenvalue weighted by atomic mass is 28.4. The molecule has 0 unspecified atom stereocenters. The third-order valence-electron chi connectivity index (χ3n) is 8.37. The van der Waals surface area contributed by atoms with E-state index in [1.165, 1.54) is 24.8 Å². The molecule has 0 aromatic heterocycles. The van der Waals surface area contributed by atoms with Crippen molar-refractivity contribution >= 4 is 14.1 Å². The molecule has 2 aliphatic rings. The van der Waals surface area contributed by atoms with Crippen molar-refractivity contribution in [3.05, 3.63) is 29.3 Å². The molecule has 0 saturated heterocycles. The van der Waals surface area contributed by atoms with E-state index in [9.17, 15) is 9.90 Å². The number of phenols is 1. The van der Waals surface area contributed by atoms with Crippen LogP contribution in [0.25, 0.3) is 0 Å². The summed E-state index contributed by atoms with van der Waals surface area (Å²) in [5.41, 5.74) is 2.33. The number of Topliss-reactive ketones (excluding diaryl/α,β-unsaturated/α-hetero) is 1. The zero-order valence-electron chi connectivity index (χ0n) is 20.7. The second-order valence-corrected chi connectivity index (χ2v) is 16.4. The van der Waals surface area contributed by atoms with Crippen LogP contribution in [0.1, 0.15) is 83.8 Å². The van der Waals surface area contributed by atoms with Crippen molar-refractivity contribution in [3.8, 4) is 5.75 Å². The molecule has 1 N–H and O–H groups in total. The van der Waals surface area contributed by atoms with Gasteiger partial charge in [-0.25, -0.2) is 0 Å². The molecule has 3 rings (SSSR count). The maximum Gasteiger partial charge on any atom is 0.192 e. The highest BCUT2D eigenvalue weighted by molar-refractivity contribution is 6.74. The molecule has 0 amide bonds. The molecule has 4 heteroatoms. The molecule has 1 aromatic rings. The first-order valence-corrected chi connectivity index (χ1v) is 15.4. The van der Waals surface area contributed by atoms with Crippen LogP contribution in [0.15, 0.2) is 18.2 Å². The van der Waals surface area contributed by atoms with Gasteiger partial charge < -0.3 is 9.53 Å². The molecule has 0 aliphatic heterocycles. The molecule has 0 bridgehead atoms. The van der Waals surface area contributed by atoms with Gasteiger partial charge in [-0.3, -0.25) is 4.79 Å². The van der Waals surface area contributed by atoms with Crippen molar-refractivity contribution in [2.45, 2.75) is 110 Å². The van der Waals surface area contributed by atoms with E-state index in [-0.39, 0.29) is 17.1 Å². The number of benzene rings is 1. The van der Waals surface area contributed by atoms with E-state index in [0.717, 1.165) is 37.7 Å². The van der Waals surface area contributed by atoms with E-state index in [1.54, 1.807) is 6.07 Å². The van der Waals surface area contributed by atoms with Gasteiger partial charge in [0.25, 0.3) is 0 Å². The number of carbonyl (C=O) groups is 1. The summed E-state index contributed by atoms with van der Waals surface area (Å²) in [6.45, 7) is 13.9. The van der Waals surface area contributed by atoms with Crippen molar-refractivity contribution in [2.24, 2.45) is 17.8 Å². The first-order valence-electron chi connectivity index (χ1n) is 12.5. The number of hydrogen-bond donors (Lipinski definition) is 1. The fraction of sp³-hybridized carbons (Fsp3) is 0.741. The quantitative estimate of drug-likeness (QED) is 0.327. The lowest BCUT2D eigenvalue weighted by Gasteiger charge is -2.40. The normalized spacial score (nSPS) is 24.7. The number of fused-ring (bicyclic) bond motifs is 2. The first-order chi connectivity index (χ1) is 14.5. The summed E-state index contributed by atoms with van der Waals surface area (Å²) in [6, 6.07) is 5.86. The summed E-state index contributed by atoms with van der Waals surface area (Å²) in [5.74, 6) is 1.86. The molecule has 3 nitrogen and oxygen atoms in total. The number of unbranched alkanes of at least 4 members (excludes halogenated alkanes) is 2. The number of hydrogen-bond acceptors (Lipinski definition) is 3. The highest BCUT2D eigenvalue weighted by Crippen LogP contribution is 2.47. The lowest BCUT2D eigenvalue weighted by Crippen LogP contribution is -2.44.